The summed E-state index contributed by atoms with van der Waals surface area (Å²) in [6.07, 6.45) is 2.05. The van der Waals surface area contributed by atoms with E-state index in [0.29, 0.717) is 17.9 Å². The first-order valence-corrected chi connectivity index (χ1v) is 6.11. The molecule has 1 saturated heterocycles. The Morgan fingerprint density at radius 2 is 2.13 bits per heavy atom. The molecule has 1 N–H and O–H groups in total. The highest BCUT2D eigenvalue weighted by Crippen LogP contribution is 2.18. The van der Waals surface area contributed by atoms with E-state index in [2.05, 4.69) is 33.0 Å². The molecule has 0 saturated carbocycles. The van der Waals surface area contributed by atoms with Crippen LogP contribution in [0.2, 0.25) is 0 Å². The largest absolute Gasteiger partial charge is 0.338 e. The van der Waals surface area contributed by atoms with E-state index in [-0.39, 0.29) is 6.04 Å². The number of rotatable bonds is 5. The zero-order valence-electron chi connectivity index (χ0n) is 10.4. The van der Waals surface area contributed by atoms with Crippen molar-refractivity contribution in [2.24, 2.45) is 5.92 Å². The second kappa shape index (κ2) is 5.50. The van der Waals surface area contributed by atoms with E-state index in [1.165, 1.54) is 0 Å². The molecule has 0 bridgehead atoms. The van der Waals surface area contributed by atoms with Crippen LogP contribution >= 0.6 is 0 Å². The fourth-order valence-corrected chi connectivity index (χ4v) is 1.97. The first-order chi connectivity index (χ1) is 7.07. The quantitative estimate of drug-likeness (QED) is 0.751. The summed E-state index contributed by atoms with van der Waals surface area (Å²) in [5.74, 6) is 0.837. The van der Waals surface area contributed by atoms with Gasteiger partial charge >= 0.3 is 0 Å². The van der Waals surface area contributed by atoms with Crippen molar-refractivity contribution < 1.29 is 4.79 Å². The second-order valence-corrected chi connectivity index (χ2v) is 4.81. The number of nitrogens with zero attached hydrogens (tertiary/aromatic N) is 1. The Balaban J connectivity index is 2.48. The van der Waals surface area contributed by atoms with E-state index >= 15 is 0 Å². The van der Waals surface area contributed by atoms with Crippen LogP contribution in [-0.2, 0) is 4.79 Å². The van der Waals surface area contributed by atoms with Gasteiger partial charge in [-0.05, 0) is 32.2 Å². The van der Waals surface area contributed by atoms with Crippen LogP contribution in [0.1, 0.15) is 40.5 Å². The molecule has 1 rings (SSSR count). The lowest BCUT2D eigenvalue weighted by molar-refractivity contribution is -0.131. The van der Waals surface area contributed by atoms with Gasteiger partial charge in [-0.1, -0.05) is 20.8 Å². The van der Waals surface area contributed by atoms with E-state index in [1.54, 1.807) is 0 Å². The number of carbonyl (C=O) groups excluding carboxylic acids is 1. The minimum Gasteiger partial charge on any atom is -0.338 e. The molecule has 1 aliphatic heterocycles. The molecule has 0 spiro atoms. The van der Waals surface area contributed by atoms with Crippen molar-refractivity contribution in [1.29, 1.82) is 0 Å². The fourth-order valence-electron chi connectivity index (χ4n) is 1.97. The van der Waals surface area contributed by atoms with Gasteiger partial charge in [-0.25, -0.2) is 0 Å². The Kier molecular flexibility index (Phi) is 4.58. The number of likely N-dealkylation sites (tertiary alicyclic amines) is 1. The van der Waals surface area contributed by atoms with Gasteiger partial charge in [-0.3, -0.25) is 4.79 Å². The Labute approximate surface area is 93.2 Å². The molecule has 0 aliphatic carbocycles. The number of amides is 1. The van der Waals surface area contributed by atoms with Gasteiger partial charge in [0, 0.05) is 12.6 Å². The number of carbonyl (C=O) groups is 1. The molecular formula is C12H24N2O. The first-order valence-electron chi connectivity index (χ1n) is 6.11. The third-order valence-electron chi connectivity index (χ3n) is 3.34. The second-order valence-electron chi connectivity index (χ2n) is 4.81. The highest BCUT2D eigenvalue weighted by molar-refractivity contribution is 5.84. The summed E-state index contributed by atoms with van der Waals surface area (Å²) in [4.78, 5) is 14.0. The van der Waals surface area contributed by atoms with Crippen molar-refractivity contribution in [3.63, 3.8) is 0 Å². The van der Waals surface area contributed by atoms with Gasteiger partial charge < -0.3 is 10.2 Å². The van der Waals surface area contributed by atoms with Crippen LogP contribution in [0, 0.1) is 5.92 Å². The molecule has 1 aliphatic rings. The molecule has 0 aromatic carbocycles. The lowest BCUT2D eigenvalue weighted by atomic mass is 10.1. The summed E-state index contributed by atoms with van der Waals surface area (Å²) in [6, 6.07) is 0.442. The van der Waals surface area contributed by atoms with Crippen molar-refractivity contribution >= 4 is 5.91 Å². The van der Waals surface area contributed by atoms with Crippen molar-refractivity contribution in [1.82, 2.24) is 10.2 Å². The Bertz CT molecular complexity index is 216. The SMILES string of the molecule is CCCNC1CCN(C(C)C(C)C)C1=O. The van der Waals surface area contributed by atoms with Gasteiger partial charge in [0.25, 0.3) is 0 Å². The highest BCUT2D eigenvalue weighted by Gasteiger charge is 2.34. The summed E-state index contributed by atoms with van der Waals surface area (Å²) in [5.41, 5.74) is 0. The predicted octanol–water partition coefficient (Wildman–Crippen LogP) is 1.63. The lowest BCUT2D eigenvalue weighted by Crippen LogP contribution is -2.43. The maximum atomic E-state index is 12.0. The summed E-state index contributed by atoms with van der Waals surface area (Å²) in [6.45, 7) is 10.5. The average molecular weight is 212 g/mol. The third kappa shape index (κ3) is 2.94. The van der Waals surface area contributed by atoms with Crippen molar-refractivity contribution in [2.45, 2.75) is 52.6 Å². The molecule has 0 aromatic heterocycles. The monoisotopic (exact) mass is 212 g/mol. The topological polar surface area (TPSA) is 32.3 Å². The molecule has 1 fully saturated rings. The van der Waals surface area contributed by atoms with E-state index in [9.17, 15) is 4.79 Å². The fraction of sp³-hybridized carbons (Fsp3) is 0.917. The standard InChI is InChI=1S/C12H24N2O/c1-5-7-13-11-6-8-14(12(11)15)10(4)9(2)3/h9-11,13H,5-8H2,1-4H3. The number of hydrogen-bond acceptors (Lipinski definition) is 2. The van der Waals surface area contributed by atoms with Gasteiger partial charge in [-0.2, -0.15) is 0 Å². The van der Waals surface area contributed by atoms with E-state index < -0.39 is 0 Å². The molecule has 0 aromatic rings. The summed E-state index contributed by atoms with van der Waals surface area (Å²) >= 11 is 0. The summed E-state index contributed by atoms with van der Waals surface area (Å²) in [5, 5.41) is 3.31. The van der Waals surface area contributed by atoms with Crippen molar-refractivity contribution in [3.8, 4) is 0 Å². The minimum atomic E-state index is 0.0751. The van der Waals surface area contributed by atoms with Crippen molar-refractivity contribution in [2.75, 3.05) is 13.1 Å². The lowest BCUT2D eigenvalue weighted by Gasteiger charge is -2.28. The Morgan fingerprint density at radius 3 is 2.67 bits per heavy atom. The molecule has 1 heterocycles. The van der Waals surface area contributed by atoms with Gasteiger partial charge in [0.15, 0.2) is 0 Å². The van der Waals surface area contributed by atoms with E-state index in [1.807, 2.05) is 4.90 Å². The van der Waals surface area contributed by atoms with Crippen LogP contribution in [-0.4, -0.2) is 36.0 Å². The van der Waals surface area contributed by atoms with Crippen LogP contribution in [0.25, 0.3) is 0 Å². The Morgan fingerprint density at radius 1 is 1.47 bits per heavy atom. The van der Waals surface area contributed by atoms with Crippen LogP contribution in [0.4, 0.5) is 0 Å². The van der Waals surface area contributed by atoms with Crippen LogP contribution < -0.4 is 5.32 Å². The summed E-state index contributed by atoms with van der Waals surface area (Å²) in [7, 11) is 0. The summed E-state index contributed by atoms with van der Waals surface area (Å²) < 4.78 is 0. The molecule has 2 atom stereocenters. The van der Waals surface area contributed by atoms with Crippen LogP contribution in [0.15, 0.2) is 0 Å². The molecule has 88 valence electrons. The predicted molar refractivity (Wildman–Crippen MR) is 62.7 cm³/mol. The molecule has 3 heteroatoms. The van der Waals surface area contributed by atoms with Crippen LogP contribution in [0.3, 0.4) is 0 Å². The van der Waals surface area contributed by atoms with E-state index in [0.717, 1.165) is 25.9 Å². The van der Waals surface area contributed by atoms with Gasteiger partial charge in [0.05, 0.1) is 6.04 Å². The molecule has 0 radical (unpaired) electrons. The smallest absolute Gasteiger partial charge is 0.240 e. The average Bonchev–Trinajstić information content (AvgIpc) is 2.55. The maximum Gasteiger partial charge on any atom is 0.240 e. The molecule has 3 nitrogen and oxygen atoms in total. The van der Waals surface area contributed by atoms with Gasteiger partial charge in [-0.15, -0.1) is 0 Å². The van der Waals surface area contributed by atoms with E-state index in [4.69, 9.17) is 0 Å². The van der Waals surface area contributed by atoms with Gasteiger partial charge in [0.2, 0.25) is 5.91 Å². The third-order valence-corrected chi connectivity index (χ3v) is 3.34. The van der Waals surface area contributed by atoms with Crippen molar-refractivity contribution in [3.05, 3.63) is 0 Å². The molecule has 15 heavy (non-hydrogen) atoms. The molecule has 2 unspecified atom stereocenters. The number of hydrogen-bond donors (Lipinski definition) is 1. The molecular weight excluding hydrogens is 188 g/mol. The molecule has 1 amide bonds. The highest BCUT2D eigenvalue weighted by atomic mass is 16.2. The number of nitrogens with one attached hydrogen (secondary N) is 1. The minimum absolute atomic E-state index is 0.0751. The first kappa shape index (κ1) is 12.5. The Hall–Kier alpha value is -0.570. The normalized spacial score (nSPS) is 23.9. The maximum absolute atomic E-state index is 12.0. The van der Waals surface area contributed by atoms with Crippen LogP contribution in [0.5, 0.6) is 0 Å². The van der Waals surface area contributed by atoms with Gasteiger partial charge in [0.1, 0.15) is 0 Å². The zero-order valence-corrected chi connectivity index (χ0v) is 10.4. The zero-order chi connectivity index (χ0) is 11.4.